The second-order valence-corrected chi connectivity index (χ2v) is 3.34. The number of aromatic nitrogens is 2. The molecule has 70 valence electrons. The van der Waals surface area contributed by atoms with Gasteiger partial charge in [-0.3, -0.25) is 0 Å². The van der Waals surface area contributed by atoms with Crippen LogP contribution in [-0.2, 0) is 0 Å². The van der Waals surface area contributed by atoms with Crippen molar-refractivity contribution in [1.82, 2.24) is 9.55 Å². The summed E-state index contributed by atoms with van der Waals surface area (Å²) in [5.74, 6) is 0.118. The van der Waals surface area contributed by atoms with Gasteiger partial charge in [0.1, 0.15) is 0 Å². The fourth-order valence-corrected chi connectivity index (χ4v) is 1.45. The van der Waals surface area contributed by atoms with Gasteiger partial charge >= 0.3 is 0 Å². The molecule has 1 heterocycles. The molecule has 1 aromatic heterocycles. The van der Waals surface area contributed by atoms with Gasteiger partial charge in [-0.05, 0) is 19.8 Å². The van der Waals surface area contributed by atoms with E-state index in [1.807, 2.05) is 19.4 Å². The van der Waals surface area contributed by atoms with Crippen molar-refractivity contribution in [3.05, 3.63) is 18.7 Å². The first-order valence-electron chi connectivity index (χ1n) is 4.65. The van der Waals surface area contributed by atoms with Gasteiger partial charge in [0, 0.05) is 24.4 Å². The summed E-state index contributed by atoms with van der Waals surface area (Å²) >= 11 is 0. The molecular formula is C10H15N3. The Morgan fingerprint density at radius 3 is 2.85 bits per heavy atom. The molecule has 1 rings (SSSR count). The third-order valence-corrected chi connectivity index (χ3v) is 2.26. The summed E-state index contributed by atoms with van der Waals surface area (Å²) < 4.78 is 2.08. The third kappa shape index (κ3) is 2.59. The second kappa shape index (κ2) is 4.66. The average molecular weight is 177 g/mol. The Balaban J connectivity index is 2.60. The molecule has 0 amide bonds. The minimum atomic E-state index is 0.118. The molecule has 3 nitrogen and oxygen atoms in total. The Hall–Kier alpha value is -1.30. The molecule has 0 aromatic carbocycles. The predicted molar refractivity (Wildman–Crippen MR) is 50.9 cm³/mol. The lowest BCUT2D eigenvalue weighted by molar-refractivity contribution is 0.413. The van der Waals surface area contributed by atoms with E-state index in [-0.39, 0.29) is 5.92 Å². The Bertz CT molecular complexity index is 271. The van der Waals surface area contributed by atoms with Gasteiger partial charge < -0.3 is 4.57 Å². The van der Waals surface area contributed by atoms with Crippen LogP contribution in [0.4, 0.5) is 0 Å². The Kier molecular flexibility index (Phi) is 3.51. The SMILES string of the molecule is CCC(CC(C)C#N)n1ccnc1. The highest BCUT2D eigenvalue weighted by molar-refractivity contribution is 4.86. The van der Waals surface area contributed by atoms with Crippen molar-refractivity contribution >= 4 is 0 Å². The molecule has 2 atom stereocenters. The van der Waals surface area contributed by atoms with Crippen LogP contribution < -0.4 is 0 Å². The molecule has 0 fully saturated rings. The molecule has 13 heavy (non-hydrogen) atoms. The monoisotopic (exact) mass is 177 g/mol. The van der Waals surface area contributed by atoms with Crippen molar-refractivity contribution in [2.24, 2.45) is 5.92 Å². The number of hydrogen-bond donors (Lipinski definition) is 0. The first kappa shape index (κ1) is 9.79. The van der Waals surface area contributed by atoms with Crippen LogP contribution in [0.1, 0.15) is 32.7 Å². The van der Waals surface area contributed by atoms with Crippen LogP contribution in [0.5, 0.6) is 0 Å². The first-order chi connectivity index (χ1) is 6.27. The van der Waals surface area contributed by atoms with E-state index < -0.39 is 0 Å². The van der Waals surface area contributed by atoms with Crippen LogP contribution in [0.2, 0.25) is 0 Å². The summed E-state index contributed by atoms with van der Waals surface area (Å²) in [5, 5.41) is 8.70. The smallest absolute Gasteiger partial charge is 0.0948 e. The number of rotatable bonds is 4. The molecule has 0 saturated heterocycles. The van der Waals surface area contributed by atoms with Crippen LogP contribution in [0, 0.1) is 17.2 Å². The van der Waals surface area contributed by atoms with E-state index >= 15 is 0 Å². The van der Waals surface area contributed by atoms with Gasteiger partial charge in [-0.2, -0.15) is 5.26 Å². The van der Waals surface area contributed by atoms with Crippen molar-refractivity contribution in [1.29, 1.82) is 5.26 Å². The Labute approximate surface area is 79.0 Å². The largest absolute Gasteiger partial charge is 0.334 e. The maximum atomic E-state index is 8.70. The van der Waals surface area contributed by atoms with Crippen LogP contribution in [0.15, 0.2) is 18.7 Å². The molecule has 2 unspecified atom stereocenters. The quantitative estimate of drug-likeness (QED) is 0.708. The van der Waals surface area contributed by atoms with Gasteiger partial charge in [-0.15, -0.1) is 0 Å². The van der Waals surface area contributed by atoms with E-state index in [1.165, 1.54) is 0 Å². The number of nitriles is 1. The molecule has 0 spiro atoms. The van der Waals surface area contributed by atoms with Gasteiger partial charge in [0.05, 0.1) is 12.4 Å². The topological polar surface area (TPSA) is 41.6 Å². The van der Waals surface area contributed by atoms with E-state index in [0.717, 1.165) is 12.8 Å². The Morgan fingerprint density at radius 1 is 1.62 bits per heavy atom. The standard InChI is InChI=1S/C10H15N3/c1-3-10(6-9(2)7-11)13-5-4-12-8-13/h4-5,8-10H,3,6H2,1-2H3. The van der Waals surface area contributed by atoms with Crippen LogP contribution in [0.3, 0.4) is 0 Å². The number of hydrogen-bond acceptors (Lipinski definition) is 2. The highest BCUT2D eigenvalue weighted by Crippen LogP contribution is 2.19. The van der Waals surface area contributed by atoms with Crippen LogP contribution in [-0.4, -0.2) is 9.55 Å². The summed E-state index contributed by atoms with van der Waals surface area (Å²) in [4.78, 5) is 4.00. The lowest BCUT2D eigenvalue weighted by Crippen LogP contribution is -2.09. The van der Waals surface area contributed by atoms with E-state index in [9.17, 15) is 0 Å². The highest BCUT2D eigenvalue weighted by Gasteiger charge is 2.11. The lowest BCUT2D eigenvalue weighted by Gasteiger charge is -2.17. The predicted octanol–water partition coefficient (Wildman–Crippen LogP) is 2.38. The summed E-state index contributed by atoms with van der Waals surface area (Å²) in [7, 11) is 0. The van der Waals surface area contributed by atoms with E-state index in [0.29, 0.717) is 6.04 Å². The molecule has 0 aliphatic carbocycles. The molecule has 1 aromatic rings. The summed E-state index contributed by atoms with van der Waals surface area (Å²) in [5.41, 5.74) is 0. The molecule has 3 heteroatoms. The molecule has 0 N–H and O–H groups in total. The van der Waals surface area contributed by atoms with Crippen molar-refractivity contribution < 1.29 is 0 Å². The molecule has 0 saturated carbocycles. The third-order valence-electron chi connectivity index (χ3n) is 2.26. The maximum absolute atomic E-state index is 8.70. The van der Waals surface area contributed by atoms with Crippen molar-refractivity contribution in [2.45, 2.75) is 32.7 Å². The average Bonchev–Trinajstić information content (AvgIpc) is 2.66. The first-order valence-corrected chi connectivity index (χ1v) is 4.65. The summed E-state index contributed by atoms with van der Waals surface area (Å²) in [6.07, 6.45) is 7.50. The zero-order chi connectivity index (χ0) is 9.68. The molecular weight excluding hydrogens is 162 g/mol. The van der Waals surface area contributed by atoms with Gasteiger partial charge in [0.2, 0.25) is 0 Å². The highest BCUT2D eigenvalue weighted by atomic mass is 15.0. The second-order valence-electron chi connectivity index (χ2n) is 3.34. The van der Waals surface area contributed by atoms with Gasteiger partial charge in [0.25, 0.3) is 0 Å². The fourth-order valence-electron chi connectivity index (χ4n) is 1.45. The van der Waals surface area contributed by atoms with Crippen molar-refractivity contribution in [3.63, 3.8) is 0 Å². The van der Waals surface area contributed by atoms with Gasteiger partial charge in [-0.1, -0.05) is 6.92 Å². The van der Waals surface area contributed by atoms with Crippen LogP contribution in [0.25, 0.3) is 0 Å². The molecule has 0 aliphatic rings. The number of nitrogens with zero attached hydrogens (tertiary/aromatic N) is 3. The summed E-state index contributed by atoms with van der Waals surface area (Å²) in [6.45, 7) is 4.09. The zero-order valence-corrected chi connectivity index (χ0v) is 8.14. The van der Waals surface area contributed by atoms with E-state index in [4.69, 9.17) is 5.26 Å². The van der Waals surface area contributed by atoms with E-state index in [1.54, 1.807) is 6.20 Å². The number of imidazole rings is 1. The van der Waals surface area contributed by atoms with Gasteiger partial charge in [0.15, 0.2) is 0 Å². The fraction of sp³-hybridized carbons (Fsp3) is 0.600. The summed E-state index contributed by atoms with van der Waals surface area (Å²) in [6, 6.07) is 2.67. The minimum absolute atomic E-state index is 0.118. The zero-order valence-electron chi connectivity index (χ0n) is 8.14. The lowest BCUT2D eigenvalue weighted by atomic mass is 10.0. The molecule has 0 aliphatic heterocycles. The van der Waals surface area contributed by atoms with Gasteiger partial charge in [-0.25, -0.2) is 4.98 Å². The minimum Gasteiger partial charge on any atom is -0.334 e. The van der Waals surface area contributed by atoms with Crippen molar-refractivity contribution in [3.8, 4) is 6.07 Å². The Morgan fingerprint density at radius 2 is 2.38 bits per heavy atom. The van der Waals surface area contributed by atoms with Crippen LogP contribution >= 0.6 is 0 Å². The normalized spacial score (nSPS) is 14.8. The molecule has 0 bridgehead atoms. The maximum Gasteiger partial charge on any atom is 0.0948 e. The van der Waals surface area contributed by atoms with Crippen molar-refractivity contribution in [2.75, 3.05) is 0 Å². The molecule has 0 radical (unpaired) electrons. The van der Waals surface area contributed by atoms with E-state index in [2.05, 4.69) is 22.5 Å².